The largest absolute Gasteiger partial charge is 0.487 e. The van der Waals surface area contributed by atoms with Crippen LogP contribution < -0.4 is 10.1 Å². The summed E-state index contributed by atoms with van der Waals surface area (Å²) in [6.07, 6.45) is 3.59. The van der Waals surface area contributed by atoms with E-state index < -0.39 is 0 Å². The molecule has 1 aliphatic carbocycles. The highest BCUT2D eigenvalue weighted by Crippen LogP contribution is 2.30. The van der Waals surface area contributed by atoms with Crippen molar-refractivity contribution in [2.75, 3.05) is 6.54 Å². The van der Waals surface area contributed by atoms with E-state index in [1.165, 1.54) is 5.56 Å². The molecule has 1 aromatic carbocycles. The van der Waals surface area contributed by atoms with Crippen molar-refractivity contribution in [3.63, 3.8) is 0 Å². The molecular formula is C15H22BrNO2. The molecule has 0 saturated heterocycles. The van der Waals surface area contributed by atoms with Crippen molar-refractivity contribution in [3.8, 4) is 5.75 Å². The first-order chi connectivity index (χ1) is 9.20. The highest BCUT2D eigenvalue weighted by atomic mass is 79.9. The average molecular weight is 328 g/mol. The SMILES string of the molecule is CCCNCc1ccc(OC2CCCC2O)c(Br)c1. The molecule has 4 heteroatoms. The van der Waals surface area contributed by atoms with Crippen molar-refractivity contribution < 1.29 is 9.84 Å². The van der Waals surface area contributed by atoms with E-state index in [1.54, 1.807) is 0 Å². The second-order valence-electron chi connectivity index (χ2n) is 5.10. The third-order valence-electron chi connectivity index (χ3n) is 3.45. The number of hydrogen-bond acceptors (Lipinski definition) is 3. The number of halogens is 1. The molecule has 1 aliphatic rings. The van der Waals surface area contributed by atoms with Crippen LogP contribution in [0, 0.1) is 0 Å². The maximum absolute atomic E-state index is 9.79. The topological polar surface area (TPSA) is 41.5 Å². The highest BCUT2D eigenvalue weighted by molar-refractivity contribution is 9.10. The Bertz CT molecular complexity index is 411. The lowest BCUT2D eigenvalue weighted by molar-refractivity contribution is 0.0599. The summed E-state index contributed by atoms with van der Waals surface area (Å²) in [7, 11) is 0. The van der Waals surface area contributed by atoms with E-state index in [0.29, 0.717) is 0 Å². The van der Waals surface area contributed by atoms with Gasteiger partial charge in [0.2, 0.25) is 0 Å². The molecule has 3 nitrogen and oxygen atoms in total. The number of benzene rings is 1. The van der Waals surface area contributed by atoms with Gasteiger partial charge < -0.3 is 15.2 Å². The second-order valence-corrected chi connectivity index (χ2v) is 5.95. The molecule has 106 valence electrons. The van der Waals surface area contributed by atoms with Gasteiger partial charge in [-0.15, -0.1) is 0 Å². The van der Waals surface area contributed by atoms with Gasteiger partial charge in [-0.2, -0.15) is 0 Å². The van der Waals surface area contributed by atoms with Crippen molar-refractivity contribution in [1.29, 1.82) is 0 Å². The number of ether oxygens (including phenoxy) is 1. The molecule has 2 rings (SSSR count). The van der Waals surface area contributed by atoms with Gasteiger partial charge in [0.15, 0.2) is 0 Å². The van der Waals surface area contributed by atoms with E-state index in [-0.39, 0.29) is 12.2 Å². The summed E-state index contributed by atoms with van der Waals surface area (Å²) in [6, 6.07) is 6.14. The summed E-state index contributed by atoms with van der Waals surface area (Å²) in [5.41, 5.74) is 1.24. The molecule has 19 heavy (non-hydrogen) atoms. The van der Waals surface area contributed by atoms with Gasteiger partial charge >= 0.3 is 0 Å². The zero-order valence-electron chi connectivity index (χ0n) is 11.4. The minimum absolute atomic E-state index is 0.0552. The van der Waals surface area contributed by atoms with Crippen LogP contribution in [-0.4, -0.2) is 23.9 Å². The molecular weight excluding hydrogens is 306 g/mol. The summed E-state index contributed by atoms with van der Waals surface area (Å²) in [5, 5.41) is 13.2. The van der Waals surface area contributed by atoms with Gasteiger partial charge in [0, 0.05) is 6.54 Å². The quantitative estimate of drug-likeness (QED) is 0.788. The Morgan fingerprint density at radius 2 is 2.26 bits per heavy atom. The number of aliphatic hydroxyl groups is 1. The zero-order chi connectivity index (χ0) is 13.7. The summed E-state index contributed by atoms with van der Waals surface area (Å²) >= 11 is 3.55. The van der Waals surface area contributed by atoms with Crippen molar-refractivity contribution >= 4 is 15.9 Å². The van der Waals surface area contributed by atoms with Gasteiger partial charge in [0.25, 0.3) is 0 Å². The monoisotopic (exact) mass is 327 g/mol. The van der Waals surface area contributed by atoms with Gasteiger partial charge in [-0.25, -0.2) is 0 Å². The maximum Gasteiger partial charge on any atom is 0.134 e. The number of aliphatic hydroxyl groups excluding tert-OH is 1. The van der Waals surface area contributed by atoms with E-state index in [0.717, 1.165) is 49.0 Å². The van der Waals surface area contributed by atoms with Crippen LogP contribution in [0.25, 0.3) is 0 Å². The predicted molar refractivity (Wildman–Crippen MR) is 80.4 cm³/mol. The van der Waals surface area contributed by atoms with Gasteiger partial charge in [-0.1, -0.05) is 13.0 Å². The van der Waals surface area contributed by atoms with Crippen LogP contribution in [0.2, 0.25) is 0 Å². The van der Waals surface area contributed by atoms with E-state index in [1.807, 2.05) is 6.07 Å². The fourth-order valence-corrected chi connectivity index (χ4v) is 2.89. The van der Waals surface area contributed by atoms with Crippen molar-refractivity contribution in [3.05, 3.63) is 28.2 Å². The normalized spacial score (nSPS) is 22.7. The minimum atomic E-state index is -0.321. The molecule has 0 bridgehead atoms. The molecule has 0 heterocycles. The van der Waals surface area contributed by atoms with Crippen LogP contribution in [0.3, 0.4) is 0 Å². The summed E-state index contributed by atoms with van der Waals surface area (Å²) in [4.78, 5) is 0. The molecule has 2 unspecified atom stereocenters. The van der Waals surface area contributed by atoms with E-state index >= 15 is 0 Å². The highest BCUT2D eigenvalue weighted by Gasteiger charge is 2.27. The van der Waals surface area contributed by atoms with Gasteiger partial charge in [-0.3, -0.25) is 0 Å². The molecule has 1 aromatic rings. The third kappa shape index (κ3) is 4.20. The van der Waals surface area contributed by atoms with Gasteiger partial charge in [0.1, 0.15) is 11.9 Å². The zero-order valence-corrected chi connectivity index (χ0v) is 12.9. The molecule has 2 N–H and O–H groups in total. The predicted octanol–water partition coefficient (Wildman–Crippen LogP) is 3.24. The lowest BCUT2D eigenvalue weighted by Gasteiger charge is -2.18. The van der Waals surface area contributed by atoms with Gasteiger partial charge in [-0.05, 0) is 65.9 Å². The smallest absolute Gasteiger partial charge is 0.134 e. The maximum atomic E-state index is 9.79. The fraction of sp³-hybridized carbons (Fsp3) is 0.600. The minimum Gasteiger partial charge on any atom is -0.487 e. The first-order valence-corrected chi connectivity index (χ1v) is 7.84. The Balaban J connectivity index is 1.94. The molecule has 2 atom stereocenters. The Morgan fingerprint density at radius 3 is 2.89 bits per heavy atom. The summed E-state index contributed by atoms with van der Waals surface area (Å²) in [6.45, 7) is 4.07. The van der Waals surface area contributed by atoms with Crippen LogP contribution in [0.1, 0.15) is 38.2 Å². The van der Waals surface area contributed by atoms with Crippen molar-refractivity contribution in [2.45, 2.75) is 51.4 Å². The molecule has 0 amide bonds. The van der Waals surface area contributed by atoms with Crippen molar-refractivity contribution in [2.24, 2.45) is 0 Å². The van der Waals surface area contributed by atoms with Crippen LogP contribution in [0.4, 0.5) is 0 Å². The molecule has 0 aromatic heterocycles. The Kier molecular flexibility index (Phi) is 5.67. The van der Waals surface area contributed by atoms with Gasteiger partial charge in [0.05, 0.1) is 10.6 Å². The van der Waals surface area contributed by atoms with E-state index in [4.69, 9.17) is 4.74 Å². The van der Waals surface area contributed by atoms with Crippen LogP contribution in [0.5, 0.6) is 5.75 Å². The van der Waals surface area contributed by atoms with E-state index in [2.05, 4.69) is 40.3 Å². The fourth-order valence-electron chi connectivity index (χ4n) is 2.37. The standard InChI is InChI=1S/C15H22BrNO2/c1-2-8-17-10-11-6-7-14(12(16)9-11)19-15-5-3-4-13(15)18/h6-7,9,13,15,17-18H,2-5,8,10H2,1H3. The third-order valence-corrected chi connectivity index (χ3v) is 4.07. The Morgan fingerprint density at radius 1 is 1.42 bits per heavy atom. The van der Waals surface area contributed by atoms with Crippen LogP contribution in [0.15, 0.2) is 22.7 Å². The molecule has 1 saturated carbocycles. The van der Waals surface area contributed by atoms with Crippen LogP contribution in [-0.2, 0) is 6.54 Å². The summed E-state index contributed by atoms with van der Waals surface area (Å²) < 4.78 is 6.84. The Hall–Kier alpha value is -0.580. The number of nitrogens with one attached hydrogen (secondary N) is 1. The Labute approximate surface area is 123 Å². The second kappa shape index (κ2) is 7.27. The lowest BCUT2D eigenvalue weighted by atomic mass is 10.2. The lowest BCUT2D eigenvalue weighted by Crippen LogP contribution is -2.25. The molecule has 0 aliphatic heterocycles. The first-order valence-electron chi connectivity index (χ1n) is 7.04. The average Bonchev–Trinajstić information content (AvgIpc) is 2.79. The number of rotatable bonds is 6. The first kappa shape index (κ1) is 14.8. The van der Waals surface area contributed by atoms with E-state index in [9.17, 15) is 5.11 Å². The number of hydrogen-bond donors (Lipinski definition) is 2. The van der Waals surface area contributed by atoms with Crippen LogP contribution >= 0.6 is 15.9 Å². The van der Waals surface area contributed by atoms with Crippen molar-refractivity contribution in [1.82, 2.24) is 5.32 Å². The summed E-state index contributed by atoms with van der Waals surface area (Å²) in [5.74, 6) is 0.824. The molecule has 0 radical (unpaired) electrons. The molecule has 0 spiro atoms. The molecule has 1 fully saturated rings.